The maximum atomic E-state index is 13.5. The fraction of sp³-hybridized carbons (Fsp3) is 0.375. The summed E-state index contributed by atoms with van der Waals surface area (Å²) in [6.07, 6.45) is 0. The van der Waals surface area contributed by atoms with E-state index < -0.39 is 6.04 Å². The van der Waals surface area contributed by atoms with Crippen molar-refractivity contribution < 1.29 is 9.53 Å². The van der Waals surface area contributed by atoms with Gasteiger partial charge in [0, 0.05) is 30.2 Å². The minimum Gasteiger partial charge on any atom is -0.383 e. The molecule has 0 aliphatic carbocycles. The Morgan fingerprint density at radius 1 is 1.12 bits per heavy atom. The molecular formula is C24H29BrN4O3. The Labute approximate surface area is 196 Å². The molecule has 0 fully saturated rings. The lowest BCUT2D eigenvalue weighted by Gasteiger charge is -2.31. The van der Waals surface area contributed by atoms with Crippen molar-refractivity contribution in [2.45, 2.75) is 19.5 Å². The average molecular weight is 501 g/mol. The Kier molecular flexibility index (Phi) is 8.17. The molecule has 0 aliphatic rings. The smallest absolute Gasteiger partial charge is 0.261 e. The zero-order valence-corrected chi connectivity index (χ0v) is 20.5. The van der Waals surface area contributed by atoms with E-state index >= 15 is 0 Å². The number of carbonyl (C=O) groups is 1. The highest BCUT2D eigenvalue weighted by atomic mass is 79.9. The summed E-state index contributed by atoms with van der Waals surface area (Å²) in [6, 6.07) is 14.2. The summed E-state index contributed by atoms with van der Waals surface area (Å²) in [5, 5.41) is 0.554. The number of benzene rings is 2. The Hall–Kier alpha value is -2.55. The Morgan fingerprint density at radius 2 is 1.81 bits per heavy atom. The first-order chi connectivity index (χ1) is 15.3. The van der Waals surface area contributed by atoms with E-state index in [4.69, 9.17) is 9.72 Å². The van der Waals surface area contributed by atoms with Crippen molar-refractivity contribution in [1.29, 1.82) is 0 Å². The second-order valence-electron chi connectivity index (χ2n) is 7.92. The summed E-state index contributed by atoms with van der Waals surface area (Å²) in [5.41, 5.74) is 1.08. The number of hydrogen-bond acceptors (Lipinski definition) is 5. The topological polar surface area (TPSA) is 67.7 Å². The number of carbonyl (C=O) groups excluding carboxylic acids is 1. The van der Waals surface area contributed by atoms with Crippen LogP contribution >= 0.6 is 15.9 Å². The van der Waals surface area contributed by atoms with Crippen LogP contribution in [0, 0.1) is 0 Å². The Morgan fingerprint density at radius 3 is 2.47 bits per heavy atom. The lowest BCUT2D eigenvalue weighted by Crippen LogP contribution is -2.41. The van der Waals surface area contributed by atoms with Gasteiger partial charge < -0.3 is 14.5 Å². The van der Waals surface area contributed by atoms with Crippen LogP contribution in [-0.2, 0) is 11.3 Å². The van der Waals surface area contributed by atoms with Gasteiger partial charge in [-0.25, -0.2) is 4.98 Å². The highest BCUT2D eigenvalue weighted by molar-refractivity contribution is 9.10. The predicted molar refractivity (Wildman–Crippen MR) is 130 cm³/mol. The van der Waals surface area contributed by atoms with E-state index in [2.05, 4.69) is 15.9 Å². The maximum absolute atomic E-state index is 13.5. The summed E-state index contributed by atoms with van der Waals surface area (Å²) >= 11 is 3.42. The first-order valence-electron chi connectivity index (χ1n) is 10.5. The van der Waals surface area contributed by atoms with E-state index in [1.807, 2.05) is 56.3 Å². The molecule has 2 aromatic carbocycles. The third-order valence-electron chi connectivity index (χ3n) is 5.39. The van der Waals surface area contributed by atoms with Crippen LogP contribution < -0.4 is 5.56 Å². The van der Waals surface area contributed by atoms with E-state index in [0.29, 0.717) is 48.5 Å². The Bertz CT molecular complexity index is 1130. The van der Waals surface area contributed by atoms with Crippen molar-refractivity contribution in [2.75, 3.05) is 40.9 Å². The normalized spacial score (nSPS) is 12.3. The summed E-state index contributed by atoms with van der Waals surface area (Å²) in [7, 11) is 5.54. The fourth-order valence-corrected chi connectivity index (χ4v) is 3.84. The summed E-state index contributed by atoms with van der Waals surface area (Å²) in [5.74, 6) is 0.447. The van der Waals surface area contributed by atoms with Crippen LogP contribution in [0.15, 0.2) is 57.8 Å². The van der Waals surface area contributed by atoms with Crippen LogP contribution in [0.1, 0.15) is 29.1 Å². The number of para-hydroxylation sites is 1. The van der Waals surface area contributed by atoms with E-state index in [1.165, 1.54) is 0 Å². The highest BCUT2D eigenvalue weighted by Gasteiger charge is 2.27. The molecular weight excluding hydrogens is 472 g/mol. The number of hydrogen-bond donors (Lipinski definition) is 0. The third kappa shape index (κ3) is 5.43. The number of fused-ring (bicyclic) bond motifs is 1. The molecule has 0 spiro atoms. The zero-order valence-electron chi connectivity index (χ0n) is 18.9. The van der Waals surface area contributed by atoms with Crippen molar-refractivity contribution in [3.63, 3.8) is 0 Å². The first kappa shape index (κ1) is 24.1. The maximum Gasteiger partial charge on any atom is 0.261 e. The molecule has 0 N–H and O–H groups in total. The molecule has 1 amide bonds. The van der Waals surface area contributed by atoms with Crippen molar-refractivity contribution in [3.05, 3.63) is 74.7 Å². The predicted octanol–water partition coefficient (Wildman–Crippen LogP) is 3.57. The number of nitrogens with zero attached hydrogens (tertiary/aromatic N) is 4. The Balaban J connectivity index is 2.09. The molecule has 0 saturated heterocycles. The molecule has 3 aromatic rings. The number of rotatable bonds is 9. The standard InChI is InChI=1S/C24H29BrN4O3/c1-17(28(14-13-27(2)3)23(30)18-9-11-19(25)12-10-18)22-26-21-8-6-5-7-20(21)24(31)29(22)15-16-32-4/h5-12,17H,13-16H2,1-4H3. The summed E-state index contributed by atoms with van der Waals surface area (Å²) in [4.78, 5) is 35.4. The highest BCUT2D eigenvalue weighted by Crippen LogP contribution is 2.23. The van der Waals surface area contributed by atoms with E-state index in [1.54, 1.807) is 34.8 Å². The van der Waals surface area contributed by atoms with Gasteiger partial charge in [-0.2, -0.15) is 0 Å². The van der Waals surface area contributed by atoms with Crippen molar-refractivity contribution in [3.8, 4) is 0 Å². The van der Waals surface area contributed by atoms with Gasteiger partial charge in [-0.1, -0.05) is 28.1 Å². The molecule has 0 radical (unpaired) electrons. The van der Waals surface area contributed by atoms with Gasteiger partial charge in [0.25, 0.3) is 11.5 Å². The molecule has 0 saturated carbocycles. The monoisotopic (exact) mass is 500 g/mol. The fourth-order valence-electron chi connectivity index (χ4n) is 3.58. The molecule has 170 valence electrons. The number of ether oxygens (including phenoxy) is 1. The molecule has 3 rings (SSSR count). The summed E-state index contributed by atoms with van der Waals surface area (Å²) < 4.78 is 7.78. The lowest BCUT2D eigenvalue weighted by molar-refractivity contribution is 0.0663. The van der Waals surface area contributed by atoms with Crippen LogP contribution in [0.5, 0.6) is 0 Å². The van der Waals surface area contributed by atoms with Crippen LogP contribution in [0.25, 0.3) is 10.9 Å². The first-order valence-corrected chi connectivity index (χ1v) is 11.3. The van der Waals surface area contributed by atoms with Gasteiger partial charge in [0.1, 0.15) is 5.82 Å². The molecule has 0 aliphatic heterocycles. The lowest BCUT2D eigenvalue weighted by atomic mass is 10.1. The number of methoxy groups -OCH3 is 1. The number of halogens is 1. The quantitative estimate of drug-likeness (QED) is 0.449. The van der Waals surface area contributed by atoms with Gasteiger partial charge in [0.2, 0.25) is 0 Å². The van der Waals surface area contributed by atoms with E-state index in [9.17, 15) is 9.59 Å². The molecule has 1 unspecified atom stereocenters. The average Bonchev–Trinajstić information content (AvgIpc) is 2.78. The van der Waals surface area contributed by atoms with Gasteiger partial charge in [0.15, 0.2) is 0 Å². The second kappa shape index (κ2) is 10.8. The number of aromatic nitrogens is 2. The molecule has 0 bridgehead atoms. The number of likely N-dealkylation sites (N-methyl/N-ethyl adjacent to an activating group) is 1. The molecule has 32 heavy (non-hydrogen) atoms. The number of amides is 1. The van der Waals surface area contributed by atoms with Crippen LogP contribution in [0.4, 0.5) is 0 Å². The van der Waals surface area contributed by atoms with Crippen LogP contribution in [0.3, 0.4) is 0 Å². The van der Waals surface area contributed by atoms with E-state index in [0.717, 1.165) is 4.47 Å². The minimum atomic E-state index is -0.416. The molecule has 8 heteroatoms. The SMILES string of the molecule is COCCn1c(C(C)N(CCN(C)C)C(=O)c2ccc(Br)cc2)nc2ccccc2c1=O. The van der Waals surface area contributed by atoms with Gasteiger partial charge in [-0.3, -0.25) is 14.2 Å². The van der Waals surface area contributed by atoms with Crippen molar-refractivity contribution >= 4 is 32.7 Å². The molecule has 7 nitrogen and oxygen atoms in total. The van der Waals surface area contributed by atoms with Gasteiger partial charge in [0.05, 0.1) is 30.1 Å². The van der Waals surface area contributed by atoms with Crippen molar-refractivity contribution in [1.82, 2.24) is 19.4 Å². The third-order valence-corrected chi connectivity index (χ3v) is 5.92. The molecule has 1 aromatic heterocycles. The van der Waals surface area contributed by atoms with Crippen LogP contribution in [-0.4, -0.2) is 66.2 Å². The molecule has 1 heterocycles. The zero-order chi connectivity index (χ0) is 23.3. The minimum absolute atomic E-state index is 0.104. The van der Waals surface area contributed by atoms with Crippen LogP contribution in [0.2, 0.25) is 0 Å². The largest absolute Gasteiger partial charge is 0.383 e. The summed E-state index contributed by atoms with van der Waals surface area (Å²) in [6.45, 7) is 3.84. The van der Waals surface area contributed by atoms with Crippen molar-refractivity contribution in [2.24, 2.45) is 0 Å². The van der Waals surface area contributed by atoms with Gasteiger partial charge in [-0.05, 0) is 57.4 Å². The van der Waals surface area contributed by atoms with Gasteiger partial charge in [-0.15, -0.1) is 0 Å². The second-order valence-corrected chi connectivity index (χ2v) is 8.84. The van der Waals surface area contributed by atoms with E-state index in [-0.39, 0.29) is 11.5 Å². The molecule has 1 atom stereocenters. The van der Waals surface area contributed by atoms with Gasteiger partial charge >= 0.3 is 0 Å².